The van der Waals surface area contributed by atoms with Crippen LogP contribution in [0.5, 0.6) is 0 Å². The molecule has 0 bridgehead atoms. The minimum absolute atomic E-state index is 0.0825. The molecule has 2 aromatic carbocycles. The summed E-state index contributed by atoms with van der Waals surface area (Å²) in [6.45, 7) is 1.83. The Morgan fingerprint density at radius 2 is 1.95 bits per heavy atom. The van der Waals surface area contributed by atoms with E-state index in [0.717, 1.165) is 11.3 Å². The van der Waals surface area contributed by atoms with Crippen LogP contribution in [0.3, 0.4) is 0 Å². The van der Waals surface area contributed by atoms with Crippen LogP contribution in [-0.4, -0.2) is 12.2 Å². The van der Waals surface area contributed by atoms with Gasteiger partial charge in [-0.05, 0) is 25.1 Å². The van der Waals surface area contributed by atoms with Gasteiger partial charge in [-0.1, -0.05) is 35.9 Å². The van der Waals surface area contributed by atoms with Crippen molar-refractivity contribution in [1.29, 1.82) is 0 Å². The predicted octanol–water partition coefficient (Wildman–Crippen LogP) is 4.17. The van der Waals surface area contributed by atoms with Crippen LogP contribution in [0.25, 0.3) is 0 Å². The molecular formula is C16H17ClFNO. The molecule has 4 heteroatoms. The van der Waals surface area contributed by atoms with E-state index in [-0.39, 0.29) is 18.5 Å². The Bertz CT molecular complexity index is 603. The van der Waals surface area contributed by atoms with Crippen molar-refractivity contribution in [3.8, 4) is 0 Å². The van der Waals surface area contributed by atoms with Gasteiger partial charge >= 0.3 is 0 Å². The smallest absolute Gasteiger partial charge is 0.128 e. The Balaban J connectivity index is 2.38. The van der Waals surface area contributed by atoms with Crippen LogP contribution >= 0.6 is 11.6 Å². The van der Waals surface area contributed by atoms with Crippen LogP contribution in [0.1, 0.15) is 24.1 Å². The lowest BCUT2D eigenvalue weighted by Gasteiger charge is -2.29. The fourth-order valence-electron chi connectivity index (χ4n) is 2.23. The minimum atomic E-state index is -0.237. The molecule has 0 amide bonds. The molecule has 20 heavy (non-hydrogen) atoms. The maximum Gasteiger partial charge on any atom is 0.128 e. The van der Waals surface area contributed by atoms with Gasteiger partial charge in [-0.3, -0.25) is 0 Å². The number of aliphatic hydroxyl groups excluding tert-OH is 1. The molecule has 1 unspecified atom stereocenters. The molecule has 1 N–H and O–H groups in total. The van der Waals surface area contributed by atoms with Crippen LogP contribution in [0.4, 0.5) is 10.1 Å². The van der Waals surface area contributed by atoms with E-state index in [2.05, 4.69) is 0 Å². The highest BCUT2D eigenvalue weighted by molar-refractivity contribution is 6.30. The first kappa shape index (κ1) is 14.8. The third kappa shape index (κ3) is 2.94. The second kappa shape index (κ2) is 6.25. The lowest BCUT2D eigenvalue weighted by Crippen LogP contribution is -2.23. The molecule has 2 nitrogen and oxygen atoms in total. The summed E-state index contributed by atoms with van der Waals surface area (Å²) in [7, 11) is 1.86. The first-order valence-electron chi connectivity index (χ1n) is 6.41. The van der Waals surface area contributed by atoms with Crippen molar-refractivity contribution in [3.05, 3.63) is 64.4 Å². The van der Waals surface area contributed by atoms with Crippen molar-refractivity contribution in [2.45, 2.75) is 19.6 Å². The molecule has 0 aliphatic carbocycles. The van der Waals surface area contributed by atoms with Crippen LogP contribution < -0.4 is 4.90 Å². The van der Waals surface area contributed by atoms with Gasteiger partial charge in [-0.15, -0.1) is 0 Å². The van der Waals surface area contributed by atoms with E-state index in [9.17, 15) is 9.50 Å². The van der Waals surface area contributed by atoms with Gasteiger partial charge in [0.2, 0.25) is 0 Å². The number of hydrogen-bond donors (Lipinski definition) is 1. The summed E-state index contributed by atoms with van der Waals surface area (Å²) in [6, 6.07) is 11.8. The second-order valence-corrected chi connectivity index (χ2v) is 5.18. The van der Waals surface area contributed by atoms with E-state index in [1.54, 1.807) is 30.3 Å². The van der Waals surface area contributed by atoms with E-state index in [4.69, 9.17) is 11.6 Å². The van der Waals surface area contributed by atoms with Crippen LogP contribution in [-0.2, 0) is 6.61 Å². The molecule has 106 valence electrons. The highest BCUT2D eigenvalue weighted by Crippen LogP contribution is 2.31. The number of benzene rings is 2. The van der Waals surface area contributed by atoms with Crippen LogP contribution in [0.15, 0.2) is 42.5 Å². The number of nitrogens with zero attached hydrogens (tertiary/aromatic N) is 1. The quantitative estimate of drug-likeness (QED) is 0.914. The summed E-state index contributed by atoms with van der Waals surface area (Å²) < 4.78 is 13.9. The van der Waals surface area contributed by atoms with Crippen LogP contribution in [0, 0.1) is 5.82 Å². The van der Waals surface area contributed by atoms with Crippen molar-refractivity contribution in [2.75, 3.05) is 11.9 Å². The van der Waals surface area contributed by atoms with Crippen molar-refractivity contribution < 1.29 is 9.50 Å². The molecule has 1 atom stereocenters. The molecule has 0 radical (unpaired) electrons. The molecule has 2 rings (SSSR count). The molecule has 0 saturated heterocycles. The average Bonchev–Trinajstić information content (AvgIpc) is 2.46. The highest BCUT2D eigenvalue weighted by atomic mass is 35.5. The van der Waals surface area contributed by atoms with Gasteiger partial charge in [0, 0.05) is 28.9 Å². The number of hydrogen-bond acceptors (Lipinski definition) is 2. The summed E-state index contributed by atoms with van der Waals surface area (Å²) in [5.74, 6) is -0.237. The summed E-state index contributed by atoms with van der Waals surface area (Å²) in [5.41, 5.74) is 2.18. The molecule has 0 spiro atoms. The minimum Gasteiger partial charge on any atom is -0.392 e. The van der Waals surface area contributed by atoms with Crippen molar-refractivity contribution in [2.24, 2.45) is 0 Å². The van der Waals surface area contributed by atoms with E-state index < -0.39 is 0 Å². The third-order valence-corrected chi connectivity index (χ3v) is 3.77. The zero-order valence-corrected chi connectivity index (χ0v) is 12.2. The monoisotopic (exact) mass is 293 g/mol. The summed E-state index contributed by atoms with van der Waals surface area (Å²) in [6.07, 6.45) is 0. The van der Waals surface area contributed by atoms with Crippen molar-refractivity contribution in [1.82, 2.24) is 0 Å². The van der Waals surface area contributed by atoms with E-state index in [1.165, 1.54) is 6.07 Å². The maximum absolute atomic E-state index is 13.9. The van der Waals surface area contributed by atoms with E-state index in [1.807, 2.05) is 24.9 Å². The lowest BCUT2D eigenvalue weighted by atomic mass is 10.0. The van der Waals surface area contributed by atoms with Gasteiger partial charge in [0.25, 0.3) is 0 Å². The zero-order valence-electron chi connectivity index (χ0n) is 11.5. The number of rotatable bonds is 4. The van der Waals surface area contributed by atoms with Gasteiger partial charge in [0.05, 0.1) is 12.6 Å². The topological polar surface area (TPSA) is 23.5 Å². The average molecular weight is 294 g/mol. The normalized spacial score (nSPS) is 12.2. The second-order valence-electron chi connectivity index (χ2n) is 4.74. The van der Waals surface area contributed by atoms with Crippen molar-refractivity contribution >= 4 is 17.3 Å². The Hall–Kier alpha value is -1.58. The van der Waals surface area contributed by atoms with E-state index >= 15 is 0 Å². The zero-order chi connectivity index (χ0) is 14.7. The van der Waals surface area contributed by atoms with Gasteiger partial charge in [-0.2, -0.15) is 0 Å². The molecule has 0 heterocycles. The largest absolute Gasteiger partial charge is 0.392 e. The van der Waals surface area contributed by atoms with Gasteiger partial charge in [0.1, 0.15) is 5.82 Å². The maximum atomic E-state index is 13.9. The molecule has 0 aliphatic rings. The third-order valence-electron chi connectivity index (χ3n) is 3.53. The Morgan fingerprint density at radius 3 is 2.60 bits per heavy atom. The number of halogens is 2. The predicted molar refractivity (Wildman–Crippen MR) is 80.6 cm³/mol. The van der Waals surface area contributed by atoms with E-state index in [0.29, 0.717) is 10.6 Å². The standard InChI is InChI=1S/C16H17ClFNO/c1-11(14-5-3-4-6-15(14)18)19(2)16-9-13(17)8-7-12(16)10-20/h3-9,11,20H,10H2,1-2H3. The fourth-order valence-corrected chi connectivity index (χ4v) is 2.40. The lowest BCUT2D eigenvalue weighted by molar-refractivity contribution is 0.282. The fraction of sp³-hybridized carbons (Fsp3) is 0.250. The molecule has 0 fully saturated rings. The molecular weight excluding hydrogens is 277 g/mol. The molecule has 2 aromatic rings. The van der Waals surface area contributed by atoms with Gasteiger partial charge in [0.15, 0.2) is 0 Å². The Kier molecular flexibility index (Phi) is 4.63. The van der Waals surface area contributed by atoms with Gasteiger partial charge in [-0.25, -0.2) is 4.39 Å². The first-order chi connectivity index (χ1) is 9.54. The highest BCUT2D eigenvalue weighted by Gasteiger charge is 2.18. The first-order valence-corrected chi connectivity index (χ1v) is 6.79. The summed E-state index contributed by atoms with van der Waals surface area (Å²) in [5, 5.41) is 10.0. The Labute approximate surface area is 123 Å². The van der Waals surface area contributed by atoms with Gasteiger partial charge < -0.3 is 10.0 Å². The molecule has 0 saturated carbocycles. The number of aliphatic hydroxyl groups is 1. The molecule has 0 aromatic heterocycles. The van der Waals surface area contributed by atoms with Crippen molar-refractivity contribution in [3.63, 3.8) is 0 Å². The SMILES string of the molecule is CC(c1ccccc1F)N(C)c1cc(Cl)ccc1CO. The van der Waals surface area contributed by atoms with Crippen LogP contribution in [0.2, 0.25) is 5.02 Å². The molecule has 0 aliphatic heterocycles. The number of anilines is 1. The Morgan fingerprint density at radius 1 is 1.25 bits per heavy atom. The summed E-state index contributed by atoms with van der Waals surface area (Å²) >= 11 is 6.02. The summed E-state index contributed by atoms with van der Waals surface area (Å²) in [4.78, 5) is 1.91.